The van der Waals surface area contributed by atoms with Gasteiger partial charge in [0.1, 0.15) is 6.10 Å². The number of Topliss-reactive ketones (excluding diaryl/α,β-unsaturated/α-hetero) is 1. The lowest BCUT2D eigenvalue weighted by Gasteiger charge is -2.35. The van der Waals surface area contributed by atoms with Gasteiger partial charge in [0.2, 0.25) is 0 Å². The molecule has 3 atom stereocenters. The molecule has 10 heteroatoms. The van der Waals surface area contributed by atoms with E-state index in [1.54, 1.807) is 36.4 Å². The number of hydrogen-bond acceptors (Lipinski definition) is 6. The number of hydrazone groups is 1. The molecule has 2 aliphatic rings. The van der Waals surface area contributed by atoms with Crippen molar-refractivity contribution < 1.29 is 23.9 Å². The van der Waals surface area contributed by atoms with E-state index < -0.39 is 17.7 Å². The Morgan fingerprint density at radius 3 is 2.51 bits per heavy atom. The molecule has 3 unspecified atom stereocenters. The van der Waals surface area contributed by atoms with Gasteiger partial charge < -0.3 is 15.4 Å². The predicted octanol–water partition coefficient (Wildman–Crippen LogP) is 3.24. The Hall–Kier alpha value is -3.98. The average Bonchev–Trinajstić information content (AvgIpc) is 2.86. The van der Waals surface area contributed by atoms with Crippen LogP contribution in [0.2, 0.25) is 0 Å². The molecule has 9 nitrogen and oxygen atoms in total. The molecule has 35 heavy (non-hydrogen) atoms. The zero-order chi connectivity index (χ0) is 24.8. The molecule has 2 aromatic rings. The molecule has 0 saturated heterocycles. The highest BCUT2D eigenvalue weighted by Crippen LogP contribution is 2.34. The number of fused-ring (bicyclic) bond motifs is 1. The van der Waals surface area contributed by atoms with E-state index in [0.717, 1.165) is 12.6 Å². The van der Waals surface area contributed by atoms with Crippen LogP contribution in [0.5, 0.6) is 0 Å². The number of benzene rings is 2. The molecule has 2 aromatic carbocycles. The number of nitrogens with zero attached hydrogens (tertiary/aromatic N) is 1. The van der Waals surface area contributed by atoms with Gasteiger partial charge in [0, 0.05) is 11.1 Å². The predicted molar refractivity (Wildman–Crippen MR) is 131 cm³/mol. The van der Waals surface area contributed by atoms with Crippen molar-refractivity contribution in [3.63, 3.8) is 0 Å². The molecule has 1 heterocycles. The van der Waals surface area contributed by atoms with Gasteiger partial charge in [-0.15, -0.1) is 11.6 Å². The van der Waals surface area contributed by atoms with Gasteiger partial charge >= 0.3 is 11.8 Å². The molecule has 1 aliphatic heterocycles. The van der Waals surface area contributed by atoms with Gasteiger partial charge in [-0.2, -0.15) is 5.10 Å². The summed E-state index contributed by atoms with van der Waals surface area (Å²) in [7, 11) is 0. The minimum atomic E-state index is -1.07. The number of ketones is 1. The van der Waals surface area contributed by atoms with E-state index in [0.29, 0.717) is 18.5 Å². The molecule has 3 amide bonds. The van der Waals surface area contributed by atoms with Crippen LogP contribution in [-0.4, -0.2) is 41.2 Å². The number of rotatable bonds is 5. The first-order valence-corrected chi connectivity index (χ1v) is 11.5. The lowest BCUT2D eigenvalue weighted by molar-refractivity contribution is -0.136. The van der Waals surface area contributed by atoms with Crippen molar-refractivity contribution in [1.82, 2.24) is 5.43 Å². The molecular formula is C25H23ClN4O5. The molecule has 4 rings (SSSR count). The maximum Gasteiger partial charge on any atom is 0.329 e. The largest absolute Gasteiger partial charge is 0.496 e. The number of amides is 3. The standard InChI is InChI=1S/C25H23ClN4O5/c26-16-10-11-21-19(12-16)22(31)15(14-35-21)13-27-30-25(34)24(33)29-20-9-5-4-8-18(20)23(32)28-17-6-2-1-3-7-17/h1-9,13-14,16,19,21H,10-12H2,(H,28,32)(H,29,33)(H,30,34)/b27-13+. The van der Waals surface area contributed by atoms with Crippen LogP contribution < -0.4 is 16.1 Å². The van der Waals surface area contributed by atoms with E-state index >= 15 is 0 Å². The van der Waals surface area contributed by atoms with E-state index in [2.05, 4.69) is 21.2 Å². The van der Waals surface area contributed by atoms with Crippen LogP contribution in [0.4, 0.5) is 11.4 Å². The van der Waals surface area contributed by atoms with Crippen LogP contribution in [0.1, 0.15) is 29.6 Å². The monoisotopic (exact) mass is 494 g/mol. The summed E-state index contributed by atoms with van der Waals surface area (Å²) < 4.78 is 5.61. The normalized spacial score (nSPS) is 21.3. The number of hydrogen-bond donors (Lipinski definition) is 3. The van der Waals surface area contributed by atoms with Gasteiger partial charge in [0.05, 0.1) is 35.2 Å². The van der Waals surface area contributed by atoms with Crippen LogP contribution in [0.25, 0.3) is 0 Å². The third kappa shape index (κ3) is 5.93. The fraction of sp³-hybridized carbons (Fsp3) is 0.240. The summed E-state index contributed by atoms with van der Waals surface area (Å²) in [4.78, 5) is 49.9. The van der Waals surface area contributed by atoms with Gasteiger partial charge in [-0.3, -0.25) is 19.2 Å². The van der Waals surface area contributed by atoms with Gasteiger partial charge in [0.25, 0.3) is 5.91 Å². The van der Waals surface area contributed by atoms with E-state index in [-0.39, 0.29) is 40.0 Å². The zero-order valence-electron chi connectivity index (χ0n) is 18.6. The summed E-state index contributed by atoms with van der Waals surface area (Å²) in [5.74, 6) is -3.06. The summed E-state index contributed by atoms with van der Waals surface area (Å²) in [6, 6.07) is 15.1. The van der Waals surface area contributed by atoms with Crippen LogP contribution in [0.15, 0.2) is 71.5 Å². The first-order valence-electron chi connectivity index (χ1n) is 11.1. The van der Waals surface area contributed by atoms with Crippen LogP contribution in [-0.2, 0) is 19.1 Å². The fourth-order valence-electron chi connectivity index (χ4n) is 3.96. The fourth-order valence-corrected chi connectivity index (χ4v) is 4.28. The summed E-state index contributed by atoms with van der Waals surface area (Å²) in [6.45, 7) is 0. The lowest BCUT2D eigenvalue weighted by atomic mass is 9.80. The highest BCUT2D eigenvalue weighted by Gasteiger charge is 2.39. The van der Waals surface area contributed by atoms with Crippen molar-refractivity contribution in [2.45, 2.75) is 30.7 Å². The maximum atomic E-state index is 12.7. The summed E-state index contributed by atoms with van der Waals surface area (Å²) in [5.41, 5.74) is 3.18. The Balaban J connectivity index is 1.35. The number of halogens is 1. The first-order chi connectivity index (χ1) is 16.9. The average molecular weight is 495 g/mol. The third-order valence-electron chi connectivity index (χ3n) is 5.74. The van der Waals surface area contributed by atoms with E-state index in [9.17, 15) is 19.2 Å². The Kier molecular flexibility index (Phi) is 7.57. The summed E-state index contributed by atoms with van der Waals surface area (Å²) >= 11 is 6.18. The summed E-state index contributed by atoms with van der Waals surface area (Å²) in [6.07, 6.45) is 4.26. The van der Waals surface area contributed by atoms with E-state index in [1.807, 2.05) is 6.07 Å². The number of ether oxygens (including phenoxy) is 1. The quantitative estimate of drug-likeness (QED) is 0.254. The van der Waals surface area contributed by atoms with Gasteiger partial charge in [-0.25, -0.2) is 5.43 Å². The Bertz CT molecular complexity index is 1200. The van der Waals surface area contributed by atoms with Gasteiger partial charge in [-0.05, 0) is 43.5 Å². The minimum Gasteiger partial charge on any atom is -0.496 e. The van der Waals surface area contributed by atoms with Crippen LogP contribution >= 0.6 is 11.6 Å². The van der Waals surface area contributed by atoms with Crippen molar-refractivity contribution in [1.29, 1.82) is 0 Å². The first kappa shape index (κ1) is 24.2. The van der Waals surface area contributed by atoms with E-state index in [4.69, 9.17) is 16.3 Å². The van der Waals surface area contributed by atoms with Crippen molar-refractivity contribution >= 4 is 52.7 Å². The Morgan fingerprint density at radius 1 is 0.971 bits per heavy atom. The second-order valence-corrected chi connectivity index (χ2v) is 8.77. The SMILES string of the molecule is O=C(N/N=C/C1=COC2CCC(Cl)CC2C1=O)C(=O)Nc1ccccc1C(=O)Nc1ccccc1. The molecule has 0 bridgehead atoms. The Labute approximate surface area is 206 Å². The van der Waals surface area contributed by atoms with E-state index in [1.165, 1.54) is 18.4 Å². The van der Waals surface area contributed by atoms with Gasteiger partial charge in [-0.1, -0.05) is 30.3 Å². The highest BCUT2D eigenvalue weighted by atomic mass is 35.5. The molecule has 3 N–H and O–H groups in total. The molecule has 1 fully saturated rings. The van der Waals surface area contributed by atoms with Crippen molar-refractivity contribution in [3.05, 3.63) is 72.0 Å². The van der Waals surface area contributed by atoms with Gasteiger partial charge in [0.15, 0.2) is 5.78 Å². The smallest absolute Gasteiger partial charge is 0.329 e. The molecule has 180 valence electrons. The van der Waals surface area contributed by atoms with Crippen molar-refractivity contribution in [2.75, 3.05) is 10.6 Å². The molecule has 0 aromatic heterocycles. The third-order valence-corrected chi connectivity index (χ3v) is 6.14. The molecule has 1 aliphatic carbocycles. The van der Waals surface area contributed by atoms with Crippen molar-refractivity contribution in [2.24, 2.45) is 11.0 Å². The number of carbonyl (C=O) groups is 4. The molecule has 0 spiro atoms. The van der Waals surface area contributed by atoms with Crippen molar-refractivity contribution in [3.8, 4) is 0 Å². The number of anilines is 2. The second kappa shape index (κ2) is 11.0. The molecule has 1 saturated carbocycles. The number of para-hydroxylation sites is 2. The Morgan fingerprint density at radius 2 is 1.71 bits per heavy atom. The minimum absolute atomic E-state index is 0.0823. The highest BCUT2D eigenvalue weighted by molar-refractivity contribution is 6.40. The zero-order valence-corrected chi connectivity index (χ0v) is 19.3. The number of allylic oxidation sites excluding steroid dienone is 1. The van der Waals surface area contributed by atoms with Crippen LogP contribution in [0, 0.1) is 5.92 Å². The summed E-state index contributed by atoms with van der Waals surface area (Å²) in [5, 5.41) is 8.76. The topological polar surface area (TPSA) is 126 Å². The molecule has 0 radical (unpaired) electrons. The number of alkyl halides is 1. The number of carbonyl (C=O) groups excluding carboxylic acids is 4. The maximum absolute atomic E-state index is 12.7. The lowest BCUT2D eigenvalue weighted by Crippen LogP contribution is -2.40. The number of nitrogens with one attached hydrogen (secondary N) is 3. The van der Waals surface area contributed by atoms with Crippen LogP contribution in [0.3, 0.4) is 0 Å². The molecular weight excluding hydrogens is 472 g/mol. The second-order valence-electron chi connectivity index (χ2n) is 8.15.